The van der Waals surface area contributed by atoms with Crippen LogP contribution in [0.1, 0.15) is 93.4 Å². The van der Waals surface area contributed by atoms with Crippen molar-refractivity contribution in [3.63, 3.8) is 0 Å². The summed E-state index contributed by atoms with van der Waals surface area (Å²) >= 11 is 0. The smallest absolute Gasteiger partial charge is 0.184 e. The summed E-state index contributed by atoms with van der Waals surface area (Å²) in [5.74, 6) is 3.13. The van der Waals surface area contributed by atoms with Crippen molar-refractivity contribution in [3.05, 3.63) is 0 Å². The van der Waals surface area contributed by atoms with Crippen LogP contribution >= 0.6 is 0 Å². The number of aliphatic hydroxyl groups excluding tert-OH is 1. The van der Waals surface area contributed by atoms with Crippen molar-refractivity contribution in [1.82, 2.24) is 0 Å². The molecule has 2 aliphatic carbocycles. The molecule has 3 heteroatoms. The highest BCUT2D eigenvalue weighted by Crippen LogP contribution is 2.46. The lowest BCUT2D eigenvalue weighted by atomic mass is 9.64. The molecule has 0 amide bonds. The van der Waals surface area contributed by atoms with E-state index in [0.717, 1.165) is 44.4 Å². The van der Waals surface area contributed by atoms with Gasteiger partial charge in [-0.15, -0.1) is 0 Å². The van der Waals surface area contributed by atoms with E-state index in [0.29, 0.717) is 23.7 Å². The summed E-state index contributed by atoms with van der Waals surface area (Å²) in [5, 5.41) is 22.3. The van der Waals surface area contributed by atoms with Gasteiger partial charge in [0, 0.05) is 0 Å². The van der Waals surface area contributed by atoms with Gasteiger partial charge in [-0.1, -0.05) is 41.0 Å². The second kappa shape index (κ2) is 8.49. The summed E-state index contributed by atoms with van der Waals surface area (Å²) in [6.45, 7) is 15.3. The summed E-state index contributed by atoms with van der Waals surface area (Å²) in [6.07, 6.45) is 6.47. The maximum atomic E-state index is 11.4. The molecule has 2 aliphatic rings. The lowest BCUT2D eigenvalue weighted by molar-refractivity contribution is -0.282. The third-order valence-electron chi connectivity index (χ3n) is 7.70. The van der Waals surface area contributed by atoms with Crippen LogP contribution in [-0.2, 0) is 4.74 Å². The highest BCUT2D eigenvalue weighted by molar-refractivity contribution is 4.95. The molecule has 2 fully saturated rings. The topological polar surface area (TPSA) is 49.7 Å². The number of ether oxygens (including phenoxy) is 1. The van der Waals surface area contributed by atoms with Gasteiger partial charge in [0.05, 0.1) is 5.60 Å². The average Bonchev–Trinajstić information content (AvgIpc) is 2.54. The van der Waals surface area contributed by atoms with Gasteiger partial charge in [-0.05, 0) is 87.9 Å². The van der Waals surface area contributed by atoms with E-state index in [1.54, 1.807) is 6.92 Å². The van der Waals surface area contributed by atoms with Crippen LogP contribution in [-0.4, -0.2) is 27.7 Å². The van der Waals surface area contributed by atoms with Gasteiger partial charge in [-0.3, -0.25) is 0 Å². The first-order chi connectivity index (χ1) is 12.0. The Morgan fingerprint density at radius 1 is 1.00 bits per heavy atom. The Balaban J connectivity index is 2.05. The maximum Gasteiger partial charge on any atom is 0.184 e. The summed E-state index contributed by atoms with van der Waals surface area (Å²) < 4.78 is 6.19. The normalized spacial score (nSPS) is 39.8. The molecule has 0 saturated heterocycles. The molecule has 5 unspecified atom stereocenters. The first-order valence-electron chi connectivity index (χ1n) is 11.0. The summed E-state index contributed by atoms with van der Waals surface area (Å²) in [7, 11) is 0. The molecule has 2 rings (SSSR count). The molecule has 0 bridgehead atoms. The zero-order valence-electron chi connectivity index (χ0n) is 18.3. The van der Waals surface area contributed by atoms with E-state index in [2.05, 4.69) is 41.5 Å². The van der Waals surface area contributed by atoms with E-state index in [1.807, 2.05) is 0 Å². The largest absolute Gasteiger partial charge is 0.385 e. The fraction of sp³-hybridized carbons (Fsp3) is 1.00. The SMILES string of the molecule is CC1CCC(C(C)C)C(C(C)(O)C(O)OC2(C)CCC(C(C)C)CC2)C1. The molecule has 154 valence electrons. The second-order valence-electron chi connectivity index (χ2n) is 10.7. The van der Waals surface area contributed by atoms with Crippen molar-refractivity contribution in [2.75, 3.05) is 0 Å². The van der Waals surface area contributed by atoms with E-state index >= 15 is 0 Å². The molecule has 0 aromatic heterocycles. The van der Waals surface area contributed by atoms with Crippen molar-refractivity contribution in [2.24, 2.45) is 35.5 Å². The Morgan fingerprint density at radius 2 is 1.58 bits per heavy atom. The van der Waals surface area contributed by atoms with Crippen LogP contribution in [0.2, 0.25) is 0 Å². The van der Waals surface area contributed by atoms with Gasteiger partial charge in [0.1, 0.15) is 5.60 Å². The summed E-state index contributed by atoms with van der Waals surface area (Å²) in [6, 6.07) is 0. The van der Waals surface area contributed by atoms with Gasteiger partial charge in [-0.2, -0.15) is 0 Å². The molecule has 0 radical (unpaired) electrons. The minimum Gasteiger partial charge on any atom is -0.385 e. The van der Waals surface area contributed by atoms with E-state index in [4.69, 9.17) is 4.74 Å². The number of hydrogen-bond donors (Lipinski definition) is 2. The van der Waals surface area contributed by atoms with E-state index in [9.17, 15) is 10.2 Å². The Morgan fingerprint density at radius 3 is 2.08 bits per heavy atom. The fourth-order valence-corrected chi connectivity index (χ4v) is 5.48. The lowest BCUT2D eigenvalue weighted by Crippen LogP contribution is -2.55. The van der Waals surface area contributed by atoms with Crippen molar-refractivity contribution >= 4 is 0 Å². The zero-order valence-corrected chi connectivity index (χ0v) is 18.3. The minimum atomic E-state index is -1.19. The van der Waals surface area contributed by atoms with Crippen LogP contribution in [0.4, 0.5) is 0 Å². The van der Waals surface area contributed by atoms with Crippen LogP contribution in [0.25, 0.3) is 0 Å². The van der Waals surface area contributed by atoms with Gasteiger partial charge in [0.25, 0.3) is 0 Å². The Labute approximate surface area is 161 Å². The Bertz CT molecular complexity index is 435. The van der Waals surface area contributed by atoms with E-state index in [1.165, 1.54) is 6.42 Å². The third kappa shape index (κ3) is 5.02. The predicted octanol–water partition coefficient (Wildman–Crippen LogP) is 5.39. The monoisotopic (exact) mass is 368 g/mol. The maximum absolute atomic E-state index is 11.4. The molecule has 26 heavy (non-hydrogen) atoms. The van der Waals surface area contributed by atoms with Crippen LogP contribution < -0.4 is 0 Å². The molecule has 2 N–H and O–H groups in total. The van der Waals surface area contributed by atoms with Crippen molar-refractivity contribution < 1.29 is 14.9 Å². The molecular formula is C23H44O3. The number of aliphatic hydroxyl groups is 2. The molecular weight excluding hydrogens is 324 g/mol. The minimum absolute atomic E-state index is 0.0943. The quantitative estimate of drug-likeness (QED) is 0.618. The number of rotatable bonds is 6. The van der Waals surface area contributed by atoms with E-state index < -0.39 is 11.9 Å². The summed E-state index contributed by atoms with van der Waals surface area (Å²) in [5.41, 5.74) is -1.51. The fourth-order valence-electron chi connectivity index (χ4n) is 5.48. The van der Waals surface area contributed by atoms with Gasteiger partial charge >= 0.3 is 0 Å². The van der Waals surface area contributed by atoms with Crippen LogP contribution in [0.5, 0.6) is 0 Å². The molecule has 3 nitrogen and oxygen atoms in total. The standard InChI is InChI=1S/C23H44O3/c1-15(2)18-10-12-22(6,13-11-18)26-21(24)23(7,25)20-14-17(5)8-9-19(20)16(3)4/h15-21,24-25H,8-14H2,1-7H3. The van der Waals surface area contributed by atoms with E-state index in [-0.39, 0.29) is 11.5 Å². The second-order valence-corrected chi connectivity index (χ2v) is 10.7. The van der Waals surface area contributed by atoms with Gasteiger partial charge in [0.15, 0.2) is 6.29 Å². The van der Waals surface area contributed by atoms with Gasteiger partial charge in [-0.25, -0.2) is 0 Å². The third-order valence-corrected chi connectivity index (χ3v) is 7.70. The zero-order chi connectivity index (χ0) is 19.7. The molecule has 0 spiro atoms. The van der Waals surface area contributed by atoms with Crippen molar-refractivity contribution in [3.8, 4) is 0 Å². The van der Waals surface area contributed by atoms with Gasteiger partial charge in [0.2, 0.25) is 0 Å². The highest BCUT2D eigenvalue weighted by Gasteiger charge is 2.48. The van der Waals surface area contributed by atoms with Crippen LogP contribution in [0, 0.1) is 35.5 Å². The lowest BCUT2D eigenvalue weighted by Gasteiger charge is -2.49. The average molecular weight is 369 g/mol. The van der Waals surface area contributed by atoms with Gasteiger partial charge < -0.3 is 14.9 Å². The van der Waals surface area contributed by atoms with Crippen LogP contribution in [0.15, 0.2) is 0 Å². The Kier molecular flexibility index (Phi) is 7.24. The molecule has 0 heterocycles. The molecule has 2 saturated carbocycles. The van der Waals surface area contributed by atoms with Crippen molar-refractivity contribution in [1.29, 1.82) is 0 Å². The molecule has 0 aliphatic heterocycles. The van der Waals surface area contributed by atoms with Crippen molar-refractivity contribution in [2.45, 2.75) is 111 Å². The van der Waals surface area contributed by atoms with Crippen LogP contribution in [0.3, 0.4) is 0 Å². The Hall–Kier alpha value is -0.120. The molecule has 0 aromatic carbocycles. The first kappa shape index (κ1) is 22.2. The predicted molar refractivity (Wildman–Crippen MR) is 108 cm³/mol. The summed E-state index contributed by atoms with van der Waals surface area (Å²) in [4.78, 5) is 0. The molecule has 5 atom stereocenters. The first-order valence-corrected chi connectivity index (χ1v) is 11.0. The highest BCUT2D eigenvalue weighted by atomic mass is 16.6. The number of hydrogen-bond acceptors (Lipinski definition) is 3. The molecule has 0 aromatic rings.